The van der Waals surface area contributed by atoms with Crippen LogP contribution >= 0.6 is 0 Å². The van der Waals surface area contributed by atoms with E-state index in [1.54, 1.807) is 6.07 Å². The van der Waals surface area contributed by atoms with E-state index in [2.05, 4.69) is 14.7 Å². The Kier molecular flexibility index (Phi) is 7.62. The fourth-order valence-electron chi connectivity index (χ4n) is 5.65. The number of fused-ring (bicyclic) bond motifs is 1. The first-order valence-electron chi connectivity index (χ1n) is 12.8. The Morgan fingerprint density at radius 2 is 1.93 bits per heavy atom. The third-order valence-corrected chi connectivity index (χ3v) is 8.92. The lowest BCUT2D eigenvalue weighted by Crippen LogP contribution is -2.54. The second-order valence-electron chi connectivity index (χ2n) is 10.2. The van der Waals surface area contributed by atoms with Crippen LogP contribution in [0.15, 0.2) is 59.9 Å². The van der Waals surface area contributed by atoms with Crippen molar-refractivity contribution in [2.45, 2.75) is 48.3 Å². The highest BCUT2D eigenvalue weighted by atomic mass is 32.2. The zero-order chi connectivity index (χ0) is 28.7. The average molecular weight is 580 g/mol. The predicted molar refractivity (Wildman–Crippen MR) is 141 cm³/mol. The molecule has 1 fully saturated rings. The fourth-order valence-corrected chi connectivity index (χ4v) is 6.74. The Bertz CT molecular complexity index is 1470. The third-order valence-electron chi connectivity index (χ3n) is 7.55. The van der Waals surface area contributed by atoms with Crippen LogP contribution in [0.1, 0.15) is 36.3 Å². The maximum absolute atomic E-state index is 15.4. The van der Waals surface area contributed by atoms with Crippen molar-refractivity contribution in [2.75, 3.05) is 36.9 Å². The van der Waals surface area contributed by atoms with E-state index in [-0.39, 0.29) is 36.2 Å². The van der Waals surface area contributed by atoms with Gasteiger partial charge < -0.3 is 14.5 Å². The molecule has 0 amide bonds. The first kappa shape index (κ1) is 28.1. The largest absolute Gasteiger partial charge is 0.490 e. The molecule has 0 radical (unpaired) electrons. The summed E-state index contributed by atoms with van der Waals surface area (Å²) in [7, 11) is -0.460. The summed E-state index contributed by atoms with van der Waals surface area (Å²) in [6.07, 6.45) is 0.0415. The SMILES string of the molecule is CN(C)[C@H]1C[C@@H](c2cccc(C(F)(F)F)c2)CCC1N1CCOc2cc(S(=O)(=O)Nc3ccncn3)c(F)cc21. The Hall–Kier alpha value is -3.45. The monoisotopic (exact) mass is 579 g/mol. The summed E-state index contributed by atoms with van der Waals surface area (Å²) >= 11 is 0. The Balaban J connectivity index is 1.41. The number of ether oxygens (including phenoxy) is 1. The zero-order valence-corrected chi connectivity index (χ0v) is 22.7. The molecule has 0 bridgehead atoms. The molecule has 5 rings (SSSR count). The smallest absolute Gasteiger partial charge is 0.416 e. The van der Waals surface area contributed by atoms with Crippen molar-refractivity contribution in [3.63, 3.8) is 0 Å². The molecule has 8 nitrogen and oxygen atoms in total. The molecule has 3 atom stereocenters. The summed E-state index contributed by atoms with van der Waals surface area (Å²) in [4.78, 5) is 11.1. The van der Waals surface area contributed by atoms with Crippen LogP contribution in [0, 0.1) is 5.82 Å². The molecular weight excluding hydrogens is 550 g/mol. The molecule has 2 heterocycles. The van der Waals surface area contributed by atoms with Gasteiger partial charge in [-0.1, -0.05) is 18.2 Å². The minimum absolute atomic E-state index is 0.000945. The minimum atomic E-state index is -4.41. The Morgan fingerprint density at radius 3 is 2.62 bits per heavy atom. The molecule has 0 spiro atoms. The molecule has 214 valence electrons. The number of aromatic nitrogens is 2. The lowest BCUT2D eigenvalue weighted by molar-refractivity contribution is -0.137. The molecule has 13 heteroatoms. The molecule has 1 aromatic heterocycles. The molecule has 1 aliphatic carbocycles. The normalized spacial score (nSPS) is 21.6. The van der Waals surface area contributed by atoms with Crippen LogP contribution in [0.25, 0.3) is 0 Å². The van der Waals surface area contributed by atoms with Crippen molar-refractivity contribution in [3.8, 4) is 5.75 Å². The van der Waals surface area contributed by atoms with E-state index in [0.717, 1.165) is 6.07 Å². The predicted octanol–water partition coefficient (Wildman–Crippen LogP) is 4.90. The van der Waals surface area contributed by atoms with Crippen molar-refractivity contribution in [1.29, 1.82) is 0 Å². The molecule has 3 aromatic rings. The second-order valence-corrected chi connectivity index (χ2v) is 11.9. The second kappa shape index (κ2) is 10.8. The molecule has 40 heavy (non-hydrogen) atoms. The number of alkyl halides is 3. The van der Waals surface area contributed by atoms with Crippen molar-refractivity contribution in [3.05, 3.63) is 71.9 Å². The van der Waals surface area contributed by atoms with Crippen LogP contribution in [-0.2, 0) is 16.2 Å². The number of hydrogen-bond acceptors (Lipinski definition) is 7. The van der Waals surface area contributed by atoms with Gasteiger partial charge in [0.25, 0.3) is 10.0 Å². The maximum atomic E-state index is 15.4. The van der Waals surface area contributed by atoms with Gasteiger partial charge in [0, 0.05) is 30.4 Å². The zero-order valence-electron chi connectivity index (χ0n) is 21.9. The highest BCUT2D eigenvalue weighted by molar-refractivity contribution is 7.92. The quantitative estimate of drug-likeness (QED) is 0.416. The summed E-state index contributed by atoms with van der Waals surface area (Å²) in [5, 5.41) is 0. The summed E-state index contributed by atoms with van der Waals surface area (Å²) in [6.45, 7) is 0.728. The van der Waals surface area contributed by atoms with E-state index >= 15 is 4.39 Å². The van der Waals surface area contributed by atoms with Gasteiger partial charge in [-0.3, -0.25) is 4.72 Å². The number of rotatable bonds is 6. The van der Waals surface area contributed by atoms with Crippen molar-refractivity contribution < 1.29 is 30.7 Å². The fraction of sp³-hybridized carbons (Fsp3) is 0.407. The first-order valence-corrected chi connectivity index (χ1v) is 14.3. The molecule has 1 N–H and O–H groups in total. The highest BCUT2D eigenvalue weighted by Gasteiger charge is 2.39. The van der Waals surface area contributed by atoms with Crippen LogP contribution in [0.2, 0.25) is 0 Å². The van der Waals surface area contributed by atoms with E-state index in [9.17, 15) is 21.6 Å². The molecule has 2 aromatic carbocycles. The molecular formula is C27H29F4N5O3S. The summed E-state index contributed by atoms with van der Waals surface area (Å²) in [5.41, 5.74) is 0.435. The van der Waals surface area contributed by atoms with E-state index in [4.69, 9.17) is 4.74 Å². The molecule has 1 saturated carbocycles. The number of nitrogens with zero attached hydrogens (tertiary/aromatic N) is 4. The molecule has 2 aliphatic rings. The van der Waals surface area contributed by atoms with Gasteiger partial charge in [-0.05, 0) is 57.0 Å². The van der Waals surface area contributed by atoms with Crippen LogP contribution in [-0.4, -0.2) is 62.6 Å². The topological polar surface area (TPSA) is 87.7 Å². The standard InChI is InChI=1S/C27H29F4N5O3S/c1-35(2)22-13-18(17-4-3-5-19(12-17)27(29,30)31)6-7-21(22)36-10-11-39-24-15-25(20(28)14-23(24)36)40(37,38)34-26-8-9-32-16-33-26/h3-5,8-9,12,14-16,18,21-22H,6-7,10-11,13H2,1-2H3,(H,32,33,34)/t18-,21?,22-/m0/s1. The average Bonchev–Trinajstić information content (AvgIpc) is 2.92. The Morgan fingerprint density at radius 1 is 1.12 bits per heavy atom. The maximum Gasteiger partial charge on any atom is 0.416 e. The van der Waals surface area contributed by atoms with Crippen molar-refractivity contribution >= 4 is 21.5 Å². The van der Waals surface area contributed by atoms with Crippen LogP contribution in [0.5, 0.6) is 5.75 Å². The van der Waals surface area contributed by atoms with Gasteiger partial charge in [0.1, 0.15) is 35.2 Å². The molecule has 1 aliphatic heterocycles. The lowest BCUT2D eigenvalue weighted by Gasteiger charge is -2.47. The molecule has 1 unspecified atom stereocenters. The number of sulfonamides is 1. The minimum Gasteiger partial charge on any atom is -0.490 e. The van der Waals surface area contributed by atoms with Gasteiger partial charge in [0.2, 0.25) is 0 Å². The van der Waals surface area contributed by atoms with E-state index in [1.165, 1.54) is 42.9 Å². The number of halogens is 4. The van der Waals surface area contributed by atoms with Gasteiger partial charge >= 0.3 is 6.18 Å². The Labute approximate surface area is 230 Å². The van der Waals surface area contributed by atoms with Gasteiger partial charge in [-0.15, -0.1) is 0 Å². The summed E-state index contributed by atoms with van der Waals surface area (Å²) in [6, 6.07) is 9.07. The van der Waals surface area contributed by atoms with Crippen molar-refractivity contribution in [2.24, 2.45) is 0 Å². The van der Waals surface area contributed by atoms with Crippen LogP contribution < -0.4 is 14.4 Å². The highest BCUT2D eigenvalue weighted by Crippen LogP contribution is 2.43. The van der Waals surface area contributed by atoms with E-state index in [1.807, 2.05) is 23.9 Å². The van der Waals surface area contributed by atoms with Crippen LogP contribution in [0.3, 0.4) is 0 Å². The first-order chi connectivity index (χ1) is 18.9. The molecule has 0 saturated heterocycles. The number of nitrogens with one attached hydrogen (secondary N) is 1. The summed E-state index contributed by atoms with van der Waals surface area (Å²) in [5.74, 6) is -0.757. The van der Waals surface area contributed by atoms with E-state index in [0.29, 0.717) is 37.1 Å². The van der Waals surface area contributed by atoms with Gasteiger partial charge in [0.15, 0.2) is 0 Å². The number of anilines is 2. The number of benzene rings is 2. The third kappa shape index (κ3) is 5.71. The number of hydrogen-bond donors (Lipinski definition) is 1. The lowest BCUT2D eigenvalue weighted by atomic mass is 9.77. The van der Waals surface area contributed by atoms with Crippen molar-refractivity contribution in [1.82, 2.24) is 14.9 Å². The van der Waals surface area contributed by atoms with Gasteiger partial charge in [-0.25, -0.2) is 22.8 Å². The van der Waals surface area contributed by atoms with Gasteiger partial charge in [0.05, 0.1) is 17.8 Å². The number of likely N-dealkylation sites (N-methyl/N-ethyl adjacent to an activating group) is 1. The van der Waals surface area contributed by atoms with E-state index < -0.39 is 32.5 Å². The summed E-state index contributed by atoms with van der Waals surface area (Å²) < 4.78 is 89.2. The van der Waals surface area contributed by atoms with Gasteiger partial charge in [-0.2, -0.15) is 13.2 Å². The van der Waals surface area contributed by atoms with Crippen LogP contribution in [0.4, 0.5) is 29.1 Å².